The maximum atomic E-state index is 6.15. The molecule has 0 saturated carbocycles. The van der Waals surface area contributed by atoms with Crippen molar-refractivity contribution in [2.75, 3.05) is 19.0 Å². The van der Waals surface area contributed by atoms with Gasteiger partial charge < -0.3 is 10.2 Å². The molecule has 0 fully saturated rings. The Balaban J connectivity index is 1.99. The number of aromatic nitrogens is 1. The molecule has 0 saturated heterocycles. The Hall–Kier alpha value is -1.29. The van der Waals surface area contributed by atoms with E-state index in [4.69, 9.17) is 23.2 Å². The predicted molar refractivity (Wildman–Crippen MR) is 85.6 cm³/mol. The Morgan fingerprint density at radius 2 is 1.85 bits per heavy atom. The predicted octanol–water partition coefficient (Wildman–Crippen LogP) is 3.74. The van der Waals surface area contributed by atoms with Crippen molar-refractivity contribution in [2.45, 2.75) is 13.1 Å². The summed E-state index contributed by atoms with van der Waals surface area (Å²) in [5.74, 6) is 0. The zero-order valence-electron chi connectivity index (χ0n) is 11.5. The van der Waals surface area contributed by atoms with Gasteiger partial charge in [-0.3, -0.25) is 4.98 Å². The molecule has 20 heavy (non-hydrogen) atoms. The monoisotopic (exact) mass is 309 g/mol. The van der Waals surface area contributed by atoms with Crippen molar-refractivity contribution >= 4 is 28.9 Å². The Bertz CT molecular complexity index is 585. The van der Waals surface area contributed by atoms with Crippen LogP contribution in [0.3, 0.4) is 0 Å². The lowest BCUT2D eigenvalue weighted by atomic mass is 10.2. The van der Waals surface area contributed by atoms with Gasteiger partial charge in [0.15, 0.2) is 0 Å². The molecule has 1 heterocycles. The smallest absolute Gasteiger partial charge is 0.0465 e. The van der Waals surface area contributed by atoms with Crippen LogP contribution in [0.4, 0.5) is 5.69 Å². The van der Waals surface area contributed by atoms with Crippen molar-refractivity contribution in [1.29, 1.82) is 0 Å². The van der Waals surface area contributed by atoms with Gasteiger partial charge in [-0.15, -0.1) is 0 Å². The van der Waals surface area contributed by atoms with Crippen LogP contribution in [0.2, 0.25) is 10.0 Å². The van der Waals surface area contributed by atoms with Gasteiger partial charge in [0, 0.05) is 60.9 Å². The van der Waals surface area contributed by atoms with Crippen LogP contribution >= 0.6 is 23.2 Å². The molecule has 1 aromatic heterocycles. The maximum absolute atomic E-state index is 6.15. The van der Waals surface area contributed by atoms with Crippen LogP contribution in [-0.4, -0.2) is 19.1 Å². The van der Waals surface area contributed by atoms with Gasteiger partial charge in [-0.1, -0.05) is 29.3 Å². The summed E-state index contributed by atoms with van der Waals surface area (Å²) in [5, 5.41) is 4.72. The van der Waals surface area contributed by atoms with Crippen molar-refractivity contribution in [3.05, 3.63) is 57.8 Å². The van der Waals surface area contributed by atoms with Crippen molar-refractivity contribution in [2.24, 2.45) is 0 Å². The first kappa shape index (κ1) is 15.1. The molecule has 3 nitrogen and oxygen atoms in total. The summed E-state index contributed by atoms with van der Waals surface area (Å²) >= 11 is 12.0. The van der Waals surface area contributed by atoms with Gasteiger partial charge >= 0.3 is 0 Å². The first-order valence-corrected chi connectivity index (χ1v) is 7.08. The first-order valence-electron chi connectivity index (χ1n) is 6.33. The number of hydrogen-bond donors (Lipinski definition) is 1. The third-order valence-electron chi connectivity index (χ3n) is 3.01. The molecular weight excluding hydrogens is 293 g/mol. The van der Waals surface area contributed by atoms with Crippen molar-refractivity contribution in [3.8, 4) is 0 Å². The lowest BCUT2D eigenvalue weighted by molar-refractivity contribution is 0.690. The number of nitrogens with zero attached hydrogens (tertiary/aromatic N) is 2. The van der Waals surface area contributed by atoms with Gasteiger partial charge in [0.2, 0.25) is 0 Å². The van der Waals surface area contributed by atoms with Crippen molar-refractivity contribution < 1.29 is 0 Å². The van der Waals surface area contributed by atoms with Crippen molar-refractivity contribution in [1.82, 2.24) is 10.3 Å². The van der Waals surface area contributed by atoms with E-state index >= 15 is 0 Å². The molecule has 5 heteroatoms. The molecule has 106 valence electrons. The van der Waals surface area contributed by atoms with E-state index in [0.717, 1.165) is 23.4 Å². The quantitative estimate of drug-likeness (QED) is 0.912. The van der Waals surface area contributed by atoms with Crippen molar-refractivity contribution in [3.63, 3.8) is 0 Å². The average Bonchev–Trinajstić information content (AvgIpc) is 2.41. The first-order chi connectivity index (χ1) is 9.58. The molecule has 2 rings (SSSR count). The molecule has 1 N–H and O–H groups in total. The zero-order valence-corrected chi connectivity index (χ0v) is 13.0. The third kappa shape index (κ3) is 3.85. The third-order valence-corrected chi connectivity index (χ3v) is 3.59. The highest BCUT2D eigenvalue weighted by Crippen LogP contribution is 2.21. The molecule has 0 spiro atoms. The molecule has 0 atom stereocenters. The van der Waals surface area contributed by atoms with Gasteiger partial charge in [0.05, 0.1) is 0 Å². The van der Waals surface area contributed by atoms with Crippen LogP contribution in [-0.2, 0) is 13.1 Å². The fraction of sp³-hybridized carbons (Fsp3) is 0.267. The number of pyridine rings is 1. The molecule has 0 aliphatic rings. The fourth-order valence-electron chi connectivity index (χ4n) is 1.99. The number of halogens is 2. The van der Waals surface area contributed by atoms with E-state index in [1.54, 1.807) is 12.3 Å². The number of hydrogen-bond acceptors (Lipinski definition) is 3. The molecule has 0 bridgehead atoms. The Morgan fingerprint density at radius 1 is 1.10 bits per heavy atom. The number of anilines is 1. The summed E-state index contributed by atoms with van der Waals surface area (Å²) in [6.07, 6.45) is 3.68. The molecule has 2 aromatic rings. The second kappa shape index (κ2) is 6.93. The number of rotatable bonds is 5. The number of nitrogens with one attached hydrogen (secondary N) is 1. The molecule has 0 aliphatic carbocycles. The summed E-state index contributed by atoms with van der Waals surface area (Å²) in [6.45, 7) is 1.43. The SMILES string of the molecule is CN(C)c1ccncc1CNCc1ccc(Cl)cc1Cl. The van der Waals surface area contributed by atoms with Crippen LogP contribution < -0.4 is 10.2 Å². The standard InChI is InChI=1S/C15H17Cl2N3/c1-20(2)15-5-6-18-9-12(15)10-19-8-11-3-4-13(16)7-14(11)17/h3-7,9,19H,8,10H2,1-2H3. The maximum Gasteiger partial charge on any atom is 0.0465 e. The van der Waals surface area contributed by atoms with Gasteiger partial charge in [-0.2, -0.15) is 0 Å². The van der Waals surface area contributed by atoms with E-state index in [1.165, 1.54) is 0 Å². The fourth-order valence-corrected chi connectivity index (χ4v) is 2.46. The average molecular weight is 310 g/mol. The van der Waals surface area contributed by atoms with Gasteiger partial charge in [-0.05, 0) is 23.8 Å². The molecule has 0 unspecified atom stereocenters. The highest BCUT2D eigenvalue weighted by atomic mass is 35.5. The molecule has 0 amide bonds. The summed E-state index contributed by atoms with van der Waals surface area (Å²) in [7, 11) is 4.05. The van der Waals surface area contributed by atoms with E-state index in [2.05, 4.69) is 15.2 Å². The summed E-state index contributed by atoms with van der Waals surface area (Å²) in [5.41, 5.74) is 3.35. The molecule has 1 aromatic carbocycles. The number of benzene rings is 1. The zero-order chi connectivity index (χ0) is 14.5. The normalized spacial score (nSPS) is 10.6. The van der Waals surface area contributed by atoms with Crippen LogP contribution in [0.1, 0.15) is 11.1 Å². The van der Waals surface area contributed by atoms with Crippen LogP contribution in [0.5, 0.6) is 0 Å². The Kier molecular flexibility index (Phi) is 5.24. The lowest BCUT2D eigenvalue weighted by Crippen LogP contribution is -2.17. The van der Waals surface area contributed by atoms with Gasteiger partial charge in [0.25, 0.3) is 0 Å². The molecular formula is C15H17Cl2N3. The van der Waals surface area contributed by atoms with Crippen LogP contribution in [0.15, 0.2) is 36.7 Å². The second-order valence-corrected chi connectivity index (χ2v) is 5.58. The summed E-state index contributed by atoms with van der Waals surface area (Å²) in [4.78, 5) is 6.25. The summed E-state index contributed by atoms with van der Waals surface area (Å²) < 4.78 is 0. The van der Waals surface area contributed by atoms with E-state index in [1.807, 2.05) is 38.5 Å². The minimum Gasteiger partial charge on any atom is -0.377 e. The Labute approximate surface area is 129 Å². The highest BCUT2D eigenvalue weighted by molar-refractivity contribution is 6.35. The largest absolute Gasteiger partial charge is 0.377 e. The minimum atomic E-state index is 0.654. The summed E-state index contributed by atoms with van der Waals surface area (Å²) in [6, 6.07) is 7.55. The van der Waals surface area contributed by atoms with Gasteiger partial charge in [0.1, 0.15) is 0 Å². The topological polar surface area (TPSA) is 28.2 Å². The van der Waals surface area contributed by atoms with Gasteiger partial charge in [-0.25, -0.2) is 0 Å². The van der Waals surface area contributed by atoms with E-state index < -0.39 is 0 Å². The highest BCUT2D eigenvalue weighted by Gasteiger charge is 2.05. The second-order valence-electron chi connectivity index (χ2n) is 4.74. The molecule has 0 radical (unpaired) electrons. The van der Waals surface area contributed by atoms with Crippen LogP contribution in [0, 0.1) is 0 Å². The van der Waals surface area contributed by atoms with E-state index in [9.17, 15) is 0 Å². The minimum absolute atomic E-state index is 0.654. The lowest BCUT2D eigenvalue weighted by Gasteiger charge is -2.17. The Morgan fingerprint density at radius 3 is 2.55 bits per heavy atom. The van der Waals surface area contributed by atoms with E-state index in [0.29, 0.717) is 16.6 Å². The molecule has 0 aliphatic heterocycles. The van der Waals surface area contributed by atoms with Crippen LogP contribution in [0.25, 0.3) is 0 Å². The van der Waals surface area contributed by atoms with E-state index in [-0.39, 0.29) is 0 Å².